The molecule has 0 bridgehead atoms. The molecule has 5 atom stereocenters. The van der Waals surface area contributed by atoms with Gasteiger partial charge in [-0.15, -0.1) is 0 Å². The number of para-hydroxylation sites is 2. The Morgan fingerprint density at radius 1 is 1.16 bits per heavy atom. The van der Waals surface area contributed by atoms with E-state index in [4.69, 9.17) is 9.47 Å². The Hall–Kier alpha value is -1.63. The fourth-order valence-corrected chi connectivity index (χ4v) is 2.48. The Bertz CT molecular complexity index is 664. The maximum atomic E-state index is 11.0. The minimum atomic E-state index is -5.37. The summed E-state index contributed by atoms with van der Waals surface area (Å²) in [6.45, 7) is -0.939. The van der Waals surface area contributed by atoms with Crippen LogP contribution in [0.15, 0.2) is 24.3 Å². The third-order valence-corrected chi connectivity index (χ3v) is 3.84. The summed E-state index contributed by atoms with van der Waals surface area (Å²) >= 11 is 0. The number of benzene rings is 1. The van der Waals surface area contributed by atoms with Gasteiger partial charge in [-0.25, -0.2) is 0 Å². The summed E-state index contributed by atoms with van der Waals surface area (Å²) in [7, 11) is -5.37. The van der Waals surface area contributed by atoms with Crippen LogP contribution in [-0.4, -0.2) is 57.6 Å². The van der Waals surface area contributed by atoms with Gasteiger partial charge in [0.25, 0.3) is 0 Å². The molecule has 140 valence electrons. The highest BCUT2D eigenvalue weighted by Gasteiger charge is 2.45. The average molecular weight is 379 g/mol. The van der Waals surface area contributed by atoms with Crippen LogP contribution in [0, 0.1) is 10.1 Å². The molecule has 0 radical (unpaired) electrons. The van der Waals surface area contributed by atoms with Gasteiger partial charge in [0.2, 0.25) is 6.29 Å². The number of hydrogen-bond donors (Lipinski definition) is 3. The van der Waals surface area contributed by atoms with Crippen molar-refractivity contribution >= 4 is 13.5 Å². The van der Waals surface area contributed by atoms with Gasteiger partial charge in [-0.1, -0.05) is 12.1 Å². The van der Waals surface area contributed by atoms with Crippen molar-refractivity contribution in [2.75, 3.05) is 6.61 Å². The molecule has 2 rings (SSSR count). The van der Waals surface area contributed by atoms with E-state index >= 15 is 0 Å². The lowest BCUT2D eigenvalue weighted by atomic mass is 9.99. The minimum Gasteiger partial charge on any atom is -0.790 e. The number of hydrogen-bond acceptors (Lipinski definition) is 11. The van der Waals surface area contributed by atoms with Crippen LogP contribution >= 0.6 is 7.82 Å². The first-order chi connectivity index (χ1) is 11.6. The first kappa shape index (κ1) is 19.7. The first-order valence-corrected chi connectivity index (χ1v) is 8.32. The van der Waals surface area contributed by atoms with Gasteiger partial charge in [0.05, 0.1) is 19.4 Å². The smallest absolute Gasteiger partial charge is 0.311 e. The lowest BCUT2D eigenvalue weighted by molar-refractivity contribution is -0.387. The molecule has 1 fully saturated rings. The molecule has 12 nitrogen and oxygen atoms in total. The number of ether oxygens (including phenoxy) is 2. The highest BCUT2D eigenvalue weighted by atomic mass is 31.2. The number of phosphoric acid groups is 1. The van der Waals surface area contributed by atoms with Crippen molar-refractivity contribution < 1.29 is 48.6 Å². The first-order valence-electron chi connectivity index (χ1n) is 6.86. The van der Waals surface area contributed by atoms with Crippen molar-refractivity contribution in [1.82, 2.24) is 0 Å². The normalized spacial score (nSPS) is 30.0. The molecule has 0 unspecified atom stereocenters. The maximum Gasteiger partial charge on any atom is 0.311 e. The monoisotopic (exact) mass is 379 g/mol. The molecule has 0 saturated carbocycles. The largest absolute Gasteiger partial charge is 0.790 e. The molecule has 13 heteroatoms. The predicted octanol–water partition coefficient (Wildman–Crippen LogP) is -2.37. The molecule has 1 aliphatic rings. The van der Waals surface area contributed by atoms with Crippen molar-refractivity contribution in [2.24, 2.45) is 0 Å². The second-order valence-corrected chi connectivity index (χ2v) is 6.25. The molecule has 1 aromatic rings. The Labute approximate surface area is 140 Å². The lowest BCUT2D eigenvalue weighted by Gasteiger charge is -2.41. The zero-order valence-electron chi connectivity index (χ0n) is 12.4. The third kappa shape index (κ3) is 4.93. The molecule has 3 N–H and O–H groups in total. The van der Waals surface area contributed by atoms with E-state index < -0.39 is 55.7 Å². The van der Waals surface area contributed by atoms with Crippen molar-refractivity contribution in [3.63, 3.8) is 0 Å². The molecule has 0 amide bonds. The van der Waals surface area contributed by atoms with Gasteiger partial charge in [-0.2, -0.15) is 0 Å². The van der Waals surface area contributed by atoms with Gasteiger partial charge in [0, 0.05) is 6.07 Å². The second-order valence-electron chi connectivity index (χ2n) is 5.10. The van der Waals surface area contributed by atoms with Crippen LogP contribution in [0.1, 0.15) is 0 Å². The molecule has 0 spiro atoms. The van der Waals surface area contributed by atoms with Crippen LogP contribution in [0.4, 0.5) is 5.69 Å². The van der Waals surface area contributed by atoms with Crippen LogP contribution in [0.3, 0.4) is 0 Å². The van der Waals surface area contributed by atoms with E-state index in [1.165, 1.54) is 18.2 Å². The SMILES string of the molecule is O=[N+]([O-])c1ccccc1O[C@@H]1O[C@H](COP(=O)([O-])[O-])[C@H](O)[C@H](O)[C@H]1O. The zero-order chi connectivity index (χ0) is 18.8. The van der Waals surface area contributed by atoms with Crippen LogP contribution in [-0.2, 0) is 13.8 Å². The zero-order valence-corrected chi connectivity index (χ0v) is 13.3. The van der Waals surface area contributed by atoms with Gasteiger partial charge in [0.1, 0.15) is 24.4 Å². The third-order valence-electron chi connectivity index (χ3n) is 3.37. The molecular weight excluding hydrogens is 365 g/mol. The molecule has 0 aliphatic carbocycles. The Balaban J connectivity index is 2.16. The molecule has 1 saturated heterocycles. The Morgan fingerprint density at radius 2 is 1.80 bits per heavy atom. The maximum absolute atomic E-state index is 11.0. The van der Waals surface area contributed by atoms with Gasteiger partial charge in [0.15, 0.2) is 5.75 Å². The van der Waals surface area contributed by atoms with Gasteiger partial charge >= 0.3 is 5.69 Å². The number of nitro groups is 1. The fourth-order valence-electron chi connectivity index (χ4n) is 2.15. The Kier molecular flexibility index (Phi) is 6.08. The number of rotatable bonds is 6. The minimum absolute atomic E-state index is 0.293. The average Bonchev–Trinajstić information content (AvgIpc) is 2.53. The number of phosphoric ester groups is 1. The van der Waals surface area contributed by atoms with E-state index in [1.807, 2.05) is 0 Å². The topological polar surface area (TPSA) is 195 Å². The summed E-state index contributed by atoms with van der Waals surface area (Å²) < 4.78 is 24.8. The number of nitrogens with zero attached hydrogens (tertiary/aromatic N) is 1. The van der Waals surface area contributed by atoms with Crippen LogP contribution in [0.25, 0.3) is 0 Å². The van der Waals surface area contributed by atoms with E-state index in [-0.39, 0.29) is 5.75 Å². The van der Waals surface area contributed by atoms with E-state index in [0.29, 0.717) is 0 Å². The quantitative estimate of drug-likeness (QED) is 0.271. The molecular formula is C12H14NO11P-2. The summed E-state index contributed by atoms with van der Waals surface area (Å²) in [4.78, 5) is 31.2. The van der Waals surface area contributed by atoms with E-state index in [0.717, 1.165) is 6.07 Å². The highest BCUT2D eigenvalue weighted by molar-refractivity contribution is 7.43. The second kappa shape index (κ2) is 7.72. The van der Waals surface area contributed by atoms with Crippen molar-refractivity contribution in [2.45, 2.75) is 30.7 Å². The van der Waals surface area contributed by atoms with Crippen molar-refractivity contribution in [3.05, 3.63) is 34.4 Å². The van der Waals surface area contributed by atoms with E-state index in [1.54, 1.807) is 0 Å². The van der Waals surface area contributed by atoms with Crippen LogP contribution in [0.5, 0.6) is 5.75 Å². The van der Waals surface area contributed by atoms with E-state index in [9.17, 15) is 39.8 Å². The summed E-state index contributed by atoms with van der Waals surface area (Å²) in [6, 6.07) is 5.12. The fraction of sp³-hybridized carbons (Fsp3) is 0.500. The number of nitro benzene ring substituents is 1. The Morgan fingerprint density at radius 3 is 2.40 bits per heavy atom. The standard InChI is InChI=1S/C12H16NO11P/c14-9-8(5-22-25(19,20)21)24-12(11(16)10(9)15)23-7-4-2-1-3-6(7)13(17)18/h1-4,8-12,14-16H,5H2,(H2,19,20,21)/p-2/t8-,9+,10+,11-,12-/m1/s1. The number of aliphatic hydroxyl groups is 3. The highest BCUT2D eigenvalue weighted by Crippen LogP contribution is 2.32. The van der Waals surface area contributed by atoms with Gasteiger partial charge in [-0.05, 0) is 6.07 Å². The summed E-state index contributed by atoms with van der Waals surface area (Å²) in [5.41, 5.74) is -0.449. The molecule has 0 aromatic heterocycles. The lowest BCUT2D eigenvalue weighted by Crippen LogP contribution is -2.60. The van der Waals surface area contributed by atoms with Gasteiger partial charge in [-0.3, -0.25) is 10.1 Å². The number of aliphatic hydroxyl groups excluding tert-OH is 3. The summed E-state index contributed by atoms with van der Waals surface area (Å²) in [5.74, 6) is -0.293. The van der Waals surface area contributed by atoms with Crippen LogP contribution < -0.4 is 14.5 Å². The summed E-state index contributed by atoms with van der Waals surface area (Å²) in [5, 5.41) is 40.4. The molecule has 1 aromatic carbocycles. The van der Waals surface area contributed by atoms with E-state index in [2.05, 4.69) is 4.52 Å². The molecule has 1 aliphatic heterocycles. The van der Waals surface area contributed by atoms with Crippen molar-refractivity contribution in [3.8, 4) is 5.75 Å². The van der Waals surface area contributed by atoms with Crippen LogP contribution in [0.2, 0.25) is 0 Å². The molecule has 25 heavy (non-hydrogen) atoms. The predicted molar refractivity (Wildman–Crippen MR) is 74.0 cm³/mol. The molecule has 1 heterocycles. The van der Waals surface area contributed by atoms with Gasteiger partial charge < -0.3 is 43.7 Å². The summed E-state index contributed by atoms with van der Waals surface area (Å²) in [6.07, 6.45) is -8.66. The van der Waals surface area contributed by atoms with Crippen molar-refractivity contribution in [1.29, 1.82) is 0 Å².